The highest BCUT2D eigenvalue weighted by Gasteiger charge is 2.22. The third-order valence-corrected chi connectivity index (χ3v) is 8.79. The van der Waals surface area contributed by atoms with Crippen LogP contribution in [0, 0.1) is 22.7 Å². The summed E-state index contributed by atoms with van der Waals surface area (Å²) in [6.07, 6.45) is 0. The number of fused-ring (bicyclic) bond motifs is 6. The lowest BCUT2D eigenvalue weighted by molar-refractivity contribution is 1.12. The number of hydrogen-bond acceptors (Lipinski definition) is 2. The van der Waals surface area contributed by atoms with Crippen LogP contribution in [0.15, 0.2) is 157 Å². The normalized spacial score (nSPS) is 14.2. The van der Waals surface area contributed by atoms with Gasteiger partial charge in [-0.2, -0.15) is 10.5 Å². The smallest absolute Gasteiger partial charge is 0.103 e. The molecule has 0 atom stereocenters. The van der Waals surface area contributed by atoms with Crippen molar-refractivity contribution in [2.45, 2.75) is 0 Å². The van der Waals surface area contributed by atoms with Crippen LogP contribution in [0.3, 0.4) is 0 Å². The molecule has 9 aromatic rings. The fourth-order valence-corrected chi connectivity index (χ4v) is 6.74. The van der Waals surface area contributed by atoms with Gasteiger partial charge in [0, 0.05) is 21.5 Å². The second-order valence-electron chi connectivity index (χ2n) is 11.2. The number of rotatable bonds is 4. The van der Waals surface area contributed by atoms with Gasteiger partial charge in [0.25, 0.3) is 0 Å². The van der Waals surface area contributed by atoms with Gasteiger partial charge in [-0.15, -0.1) is 0 Å². The third kappa shape index (κ3) is 4.07. The molecule has 0 spiro atoms. The van der Waals surface area contributed by atoms with Gasteiger partial charge in [-0.05, 0) is 58.7 Å². The summed E-state index contributed by atoms with van der Waals surface area (Å²) < 4.78 is 87.5. The van der Waals surface area contributed by atoms with Crippen molar-refractivity contribution < 1.29 is 13.7 Å². The average Bonchev–Trinajstić information content (AvgIpc) is 3.75. The summed E-state index contributed by atoms with van der Waals surface area (Å²) in [6, 6.07) is 29.5. The molecule has 0 bridgehead atoms. The molecule has 0 unspecified atom stereocenters. The molecule has 9 rings (SSSR count). The molecule has 4 heteroatoms. The van der Waals surface area contributed by atoms with Gasteiger partial charge in [0.2, 0.25) is 0 Å². The minimum Gasteiger partial charge on any atom is -0.308 e. The minimum absolute atomic E-state index is 0.0348. The molecule has 0 aliphatic heterocycles. The molecular weight excluding hydrogens is 585 g/mol. The number of hydrogen-bond donors (Lipinski definition) is 0. The number of nitrogens with zero attached hydrogens (tertiary/aromatic N) is 4. The highest BCUT2D eigenvalue weighted by molar-refractivity contribution is 6.12. The van der Waals surface area contributed by atoms with Crippen molar-refractivity contribution in [3.8, 4) is 45.8 Å². The van der Waals surface area contributed by atoms with Gasteiger partial charge in [0.05, 0.1) is 58.3 Å². The first kappa shape index (κ1) is 18.9. The lowest BCUT2D eigenvalue weighted by atomic mass is 10.0. The molecule has 0 radical (unpaired) electrons. The van der Waals surface area contributed by atoms with E-state index < -0.39 is 36.3 Å². The Morgan fingerprint density at radius 1 is 0.417 bits per heavy atom. The lowest BCUT2D eigenvalue weighted by Crippen LogP contribution is -2.05. The van der Waals surface area contributed by atoms with E-state index in [9.17, 15) is 10.5 Å². The average molecular weight is 621 g/mol. The maximum atomic E-state index is 10.9. The number of aromatic nitrogens is 2. The van der Waals surface area contributed by atoms with Gasteiger partial charge in [-0.3, -0.25) is 0 Å². The molecule has 4 nitrogen and oxygen atoms in total. The van der Waals surface area contributed by atoms with Crippen LogP contribution in [0.1, 0.15) is 24.8 Å². The summed E-state index contributed by atoms with van der Waals surface area (Å²) in [5.41, 5.74) is 4.30. The largest absolute Gasteiger partial charge is 0.308 e. The number of benzene rings is 7. The summed E-state index contributed by atoms with van der Waals surface area (Å²) in [5, 5.41) is 25.1. The second-order valence-corrected chi connectivity index (χ2v) is 11.2. The van der Waals surface area contributed by atoms with Crippen LogP contribution in [0.4, 0.5) is 0 Å². The van der Waals surface area contributed by atoms with E-state index >= 15 is 0 Å². The molecule has 0 fully saturated rings. The van der Waals surface area contributed by atoms with Crippen molar-refractivity contribution in [3.05, 3.63) is 169 Å². The summed E-state index contributed by atoms with van der Waals surface area (Å²) >= 11 is 0. The molecule has 2 aromatic heterocycles. The SMILES string of the molecule is [2H]c1c([2H])c([2H])c(-c2ccc3c4ccccc4n(-c4ccc(-n5c6ccccc6c6ccc(-c7c([2H])c([2H])c([2H])c([2H])c7[2H])cc65)c(C#N)c4C#N)c3c2)c([2H])c1[2H]. The fraction of sp³-hybridized carbons (Fsp3) is 0. The Balaban J connectivity index is 1.33. The Kier molecular flexibility index (Phi) is 4.29. The Hall–Kier alpha value is -6.88. The molecule has 222 valence electrons. The van der Waals surface area contributed by atoms with Crippen LogP contribution in [0.5, 0.6) is 0 Å². The Labute approximate surface area is 291 Å². The standard InChI is InChI=1S/C44H26N4/c45-27-37-38(28-46)42(48-40-18-10-8-16-34(40)36-22-20-32(26-44(36)48)30-13-5-2-6-14-30)24-23-41(37)47-39-17-9-7-15-33(39)35-21-19-31(25-43(35)47)29-11-3-1-4-12-29/h1-26H/i1D,2D,3D,4D,5D,6D,11D,12D,13D,14D. The molecule has 2 heterocycles. The summed E-state index contributed by atoms with van der Waals surface area (Å²) in [7, 11) is 0. The van der Waals surface area contributed by atoms with Crippen molar-refractivity contribution in [1.82, 2.24) is 9.13 Å². The van der Waals surface area contributed by atoms with Crippen LogP contribution >= 0.6 is 0 Å². The van der Waals surface area contributed by atoms with Crippen molar-refractivity contribution in [2.24, 2.45) is 0 Å². The minimum atomic E-state index is -0.495. The summed E-state index contributed by atoms with van der Waals surface area (Å²) in [4.78, 5) is 0. The quantitative estimate of drug-likeness (QED) is 0.197. The molecule has 0 aliphatic rings. The molecule has 0 N–H and O–H groups in total. The molecule has 0 saturated heterocycles. The van der Waals surface area contributed by atoms with E-state index in [1.165, 1.54) is 0 Å². The zero-order chi connectivity index (χ0) is 40.9. The molecule has 0 saturated carbocycles. The molecule has 0 amide bonds. The van der Waals surface area contributed by atoms with E-state index in [2.05, 4.69) is 12.1 Å². The zero-order valence-electron chi connectivity index (χ0n) is 35.0. The van der Waals surface area contributed by atoms with E-state index in [0.29, 0.717) is 44.6 Å². The van der Waals surface area contributed by atoms with E-state index in [1.807, 2.05) is 69.8 Å². The third-order valence-electron chi connectivity index (χ3n) is 8.79. The van der Waals surface area contributed by atoms with Crippen molar-refractivity contribution in [1.29, 1.82) is 10.5 Å². The van der Waals surface area contributed by atoms with Crippen LogP contribution < -0.4 is 0 Å². The van der Waals surface area contributed by atoms with Gasteiger partial charge in [-0.1, -0.05) is 121 Å². The highest BCUT2D eigenvalue weighted by atomic mass is 15.0. The van der Waals surface area contributed by atoms with Gasteiger partial charge < -0.3 is 9.13 Å². The molecule has 7 aromatic carbocycles. The predicted molar refractivity (Wildman–Crippen MR) is 195 cm³/mol. The summed E-state index contributed by atoms with van der Waals surface area (Å²) in [6.45, 7) is 0. The highest BCUT2D eigenvalue weighted by Crippen LogP contribution is 2.39. The van der Waals surface area contributed by atoms with Crippen molar-refractivity contribution >= 4 is 43.6 Å². The van der Waals surface area contributed by atoms with Gasteiger partial charge in [0.1, 0.15) is 12.1 Å². The molecule has 48 heavy (non-hydrogen) atoms. The first-order valence-corrected chi connectivity index (χ1v) is 15.1. The van der Waals surface area contributed by atoms with Crippen LogP contribution in [0.2, 0.25) is 0 Å². The van der Waals surface area contributed by atoms with E-state index in [-0.39, 0.29) is 46.4 Å². The van der Waals surface area contributed by atoms with Gasteiger partial charge in [0.15, 0.2) is 0 Å². The molecule has 0 aliphatic carbocycles. The first-order valence-electron chi connectivity index (χ1n) is 20.1. The van der Waals surface area contributed by atoms with Crippen molar-refractivity contribution in [3.63, 3.8) is 0 Å². The van der Waals surface area contributed by atoms with E-state index in [4.69, 9.17) is 13.7 Å². The first-order chi connectivity index (χ1) is 27.9. The maximum Gasteiger partial charge on any atom is 0.103 e. The van der Waals surface area contributed by atoms with Gasteiger partial charge in [-0.25, -0.2) is 0 Å². The Bertz CT molecular complexity index is 3110. The zero-order valence-corrected chi connectivity index (χ0v) is 25.0. The van der Waals surface area contributed by atoms with Crippen LogP contribution in [0.25, 0.3) is 77.2 Å². The van der Waals surface area contributed by atoms with Crippen LogP contribution in [-0.4, -0.2) is 9.13 Å². The predicted octanol–water partition coefficient (Wildman–Crippen LogP) is 11.0. The topological polar surface area (TPSA) is 57.4 Å². The van der Waals surface area contributed by atoms with E-state index in [1.54, 1.807) is 36.4 Å². The monoisotopic (exact) mass is 620 g/mol. The van der Waals surface area contributed by atoms with Crippen LogP contribution in [-0.2, 0) is 0 Å². The maximum absolute atomic E-state index is 10.9. The van der Waals surface area contributed by atoms with Crippen molar-refractivity contribution in [2.75, 3.05) is 0 Å². The Morgan fingerprint density at radius 2 is 0.812 bits per heavy atom. The second kappa shape index (κ2) is 10.9. The number of nitriles is 2. The molecular formula is C44H26N4. The fourth-order valence-electron chi connectivity index (χ4n) is 6.74. The lowest BCUT2D eigenvalue weighted by Gasteiger charge is -2.16. The number of para-hydroxylation sites is 2. The van der Waals surface area contributed by atoms with E-state index in [0.717, 1.165) is 21.5 Å². The van der Waals surface area contributed by atoms with Gasteiger partial charge >= 0.3 is 0 Å². The Morgan fingerprint density at radius 3 is 1.23 bits per heavy atom. The summed E-state index contributed by atoms with van der Waals surface area (Å²) in [5.74, 6) is 0.